The highest BCUT2D eigenvalue weighted by Crippen LogP contribution is 2.16. The Balaban J connectivity index is 1.93. The van der Waals surface area contributed by atoms with Gasteiger partial charge in [0, 0.05) is 24.3 Å². The fourth-order valence-corrected chi connectivity index (χ4v) is 1.93. The second-order valence-corrected chi connectivity index (χ2v) is 4.39. The molecule has 0 atom stereocenters. The minimum absolute atomic E-state index is 0.155. The van der Waals surface area contributed by atoms with Crippen molar-refractivity contribution in [1.82, 2.24) is 0 Å². The number of benzene rings is 1. The fraction of sp³-hybridized carbons (Fsp3) is 0.467. The summed E-state index contributed by atoms with van der Waals surface area (Å²) in [5, 5.41) is 8.58. The van der Waals surface area contributed by atoms with Gasteiger partial charge in [-0.25, -0.2) is 4.39 Å². The van der Waals surface area contributed by atoms with E-state index in [1.54, 1.807) is 12.1 Å². The third-order valence-electron chi connectivity index (χ3n) is 3.01. The average molecular weight is 264 g/mol. The number of aliphatic hydroxyl groups excluding tert-OH is 1. The highest BCUT2D eigenvalue weighted by atomic mass is 19.1. The lowest BCUT2D eigenvalue weighted by Crippen LogP contribution is -2.23. The molecule has 102 valence electrons. The molecule has 1 heterocycles. The Bertz CT molecular complexity index is 470. The average Bonchev–Trinajstić information content (AvgIpc) is 2.45. The van der Waals surface area contributed by atoms with Crippen molar-refractivity contribution >= 4 is 0 Å². The largest absolute Gasteiger partial charge is 0.384 e. The van der Waals surface area contributed by atoms with Gasteiger partial charge in [0.1, 0.15) is 12.4 Å². The molecule has 1 aromatic rings. The summed E-state index contributed by atoms with van der Waals surface area (Å²) in [7, 11) is 0. The van der Waals surface area contributed by atoms with Gasteiger partial charge in [0.2, 0.25) is 0 Å². The van der Waals surface area contributed by atoms with Crippen LogP contribution in [0.2, 0.25) is 0 Å². The Morgan fingerprint density at radius 3 is 2.84 bits per heavy atom. The third-order valence-corrected chi connectivity index (χ3v) is 3.01. The smallest absolute Gasteiger partial charge is 0.129 e. The van der Waals surface area contributed by atoms with Crippen molar-refractivity contribution < 1.29 is 19.0 Å². The predicted octanol–water partition coefficient (Wildman–Crippen LogP) is 1.87. The van der Waals surface area contributed by atoms with Gasteiger partial charge >= 0.3 is 0 Å². The van der Waals surface area contributed by atoms with Crippen molar-refractivity contribution in [1.29, 1.82) is 0 Å². The van der Waals surface area contributed by atoms with Gasteiger partial charge in [0.15, 0.2) is 0 Å². The van der Waals surface area contributed by atoms with Gasteiger partial charge in [-0.05, 0) is 25.0 Å². The first kappa shape index (κ1) is 14.0. The number of aliphatic hydroxyl groups is 1. The Morgan fingerprint density at radius 1 is 1.37 bits per heavy atom. The first-order valence-corrected chi connectivity index (χ1v) is 6.37. The van der Waals surface area contributed by atoms with Gasteiger partial charge in [-0.3, -0.25) is 0 Å². The van der Waals surface area contributed by atoms with E-state index in [0.29, 0.717) is 24.3 Å². The Hall–Kier alpha value is -1.41. The minimum Gasteiger partial charge on any atom is -0.384 e. The van der Waals surface area contributed by atoms with Gasteiger partial charge in [0.05, 0.1) is 12.7 Å². The summed E-state index contributed by atoms with van der Waals surface area (Å²) in [6.45, 7) is 1.46. The molecule has 19 heavy (non-hydrogen) atoms. The molecule has 1 saturated heterocycles. The summed E-state index contributed by atoms with van der Waals surface area (Å²) in [5.41, 5.74) is 1.09. The van der Waals surface area contributed by atoms with Crippen LogP contribution in [0.1, 0.15) is 24.0 Å². The normalized spacial score (nSPS) is 15.9. The number of hydrogen-bond acceptors (Lipinski definition) is 3. The Morgan fingerprint density at radius 2 is 2.16 bits per heavy atom. The van der Waals surface area contributed by atoms with Crippen LogP contribution in [0.5, 0.6) is 0 Å². The highest BCUT2D eigenvalue weighted by Gasteiger charge is 2.14. The lowest BCUT2D eigenvalue weighted by molar-refractivity contribution is -0.0397. The zero-order valence-corrected chi connectivity index (χ0v) is 10.7. The van der Waals surface area contributed by atoms with Crippen LogP contribution in [0.3, 0.4) is 0 Å². The molecular weight excluding hydrogens is 247 g/mol. The number of halogens is 1. The van der Waals surface area contributed by atoms with Crippen LogP contribution in [0, 0.1) is 17.7 Å². The summed E-state index contributed by atoms with van der Waals surface area (Å²) in [5.74, 6) is 4.84. The van der Waals surface area contributed by atoms with E-state index in [0.717, 1.165) is 12.8 Å². The van der Waals surface area contributed by atoms with E-state index in [1.165, 1.54) is 6.07 Å². The highest BCUT2D eigenvalue weighted by molar-refractivity contribution is 5.36. The van der Waals surface area contributed by atoms with Crippen LogP contribution >= 0.6 is 0 Å². The van der Waals surface area contributed by atoms with Gasteiger partial charge in [-0.2, -0.15) is 0 Å². The van der Waals surface area contributed by atoms with Crippen molar-refractivity contribution in [3.63, 3.8) is 0 Å². The quantitative estimate of drug-likeness (QED) is 0.847. The second-order valence-electron chi connectivity index (χ2n) is 4.39. The molecule has 1 fully saturated rings. The molecule has 0 unspecified atom stereocenters. The van der Waals surface area contributed by atoms with Gasteiger partial charge in [-0.15, -0.1) is 0 Å². The molecule has 0 aromatic heterocycles. The van der Waals surface area contributed by atoms with Crippen molar-refractivity contribution in [2.24, 2.45) is 0 Å². The van der Waals surface area contributed by atoms with Crippen LogP contribution in [-0.4, -0.2) is 31.0 Å². The molecule has 1 aromatic carbocycles. The monoisotopic (exact) mass is 264 g/mol. The number of ether oxygens (including phenoxy) is 2. The summed E-state index contributed by atoms with van der Waals surface area (Å²) >= 11 is 0. The molecular formula is C15H17FO3. The maximum Gasteiger partial charge on any atom is 0.129 e. The van der Waals surface area contributed by atoms with Crippen molar-refractivity contribution in [2.75, 3.05) is 19.8 Å². The maximum atomic E-state index is 13.8. The zero-order valence-electron chi connectivity index (χ0n) is 10.7. The molecule has 0 radical (unpaired) electrons. The number of hydrogen-bond donors (Lipinski definition) is 1. The fourth-order valence-electron chi connectivity index (χ4n) is 1.93. The van der Waals surface area contributed by atoms with E-state index in [9.17, 15) is 4.39 Å². The molecule has 0 bridgehead atoms. The molecule has 4 heteroatoms. The zero-order chi connectivity index (χ0) is 13.5. The van der Waals surface area contributed by atoms with Crippen molar-refractivity contribution in [3.05, 3.63) is 35.1 Å². The second kappa shape index (κ2) is 7.25. The van der Waals surface area contributed by atoms with E-state index in [-0.39, 0.29) is 25.1 Å². The van der Waals surface area contributed by atoms with Crippen LogP contribution < -0.4 is 0 Å². The van der Waals surface area contributed by atoms with E-state index in [1.807, 2.05) is 0 Å². The lowest BCUT2D eigenvalue weighted by Gasteiger charge is -2.22. The topological polar surface area (TPSA) is 38.7 Å². The predicted molar refractivity (Wildman–Crippen MR) is 69.0 cm³/mol. The van der Waals surface area contributed by atoms with E-state index < -0.39 is 0 Å². The first-order chi connectivity index (χ1) is 9.29. The molecule has 3 nitrogen and oxygen atoms in total. The standard InChI is InChI=1S/C15H17FO3/c16-15-10-12(2-1-7-17)3-4-13(15)11-19-14-5-8-18-9-6-14/h3-4,10,14,17H,5-9,11H2. The van der Waals surface area contributed by atoms with E-state index in [2.05, 4.69) is 11.8 Å². The summed E-state index contributed by atoms with van der Waals surface area (Å²) < 4.78 is 24.7. The molecule has 1 aliphatic rings. The molecule has 0 amide bonds. The summed E-state index contributed by atoms with van der Waals surface area (Å²) in [6, 6.07) is 4.77. The SMILES string of the molecule is OCC#Cc1ccc(COC2CCOCC2)c(F)c1. The Kier molecular flexibility index (Phi) is 5.34. The molecule has 0 spiro atoms. The van der Waals surface area contributed by atoms with Gasteiger partial charge < -0.3 is 14.6 Å². The van der Waals surface area contributed by atoms with E-state index >= 15 is 0 Å². The van der Waals surface area contributed by atoms with Crippen molar-refractivity contribution in [3.8, 4) is 11.8 Å². The van der Waals surface area contributed by atoms with Gasteiger partial charge in [0.25, 0.3) is 0 Å². The molecule has 2 rings (SSSR count). The summed E-state index contributed by atoms with van der Waals surface area (Å²) in [4.78, 5) is 0. The molecule has 1 aliphatic heterocycles. The molecule has 1 N–H and O–H groups in total. The Labute approximate surface area is 112 Å². The lowest BCUT2D eigenvalue weighted by atomic mass is 10.1. The summed E-state index contributed by atoms with van der Waals surface area (Å²) in [6.07, 6.45) is 1.88. The number of rotatable bonds is 3. The maximum absolute atomic E-state index is 13.8. The van der Waals surface area contributed by atoms with E-state index in [4.69, 9.17) is 14.6 Å². The van der Waals surface area contributed by atoms with Crippen LogP contribution in [-0.2, 0) is 16.1 Å². The van der Waals surface area contributed by atoms with Crippen LogP contribution in [0.25, 0.3) is 0 Å². The minimum atomic E-state index is -0.322. The van der Waals surface area contributed by atoms with Crippen LogP contribution in [0.4, 0.5) is 4.39 Å². The van der Waals surface area contributed by atoms with Crippen molar-refractivity contribution in [2.45, 2.75) is 25.6 Å². The first-order valence-electron chi connectivity index (χ1n) is 6.37. The van der Waals surface area contributed by atoms with Gasteiger partial charge in [-0.1, -0.05) is 17.9 Å². The molecule has 0 saturated carbocycles. The third kappa shape index (κ3) is 4.32. The molecule has 0 aliphatic carbocycles. The van der Waals surface area contributed by atoms with Crippen LogP contribution in [0.15, 0.2) is 18.2 Å².